The molecule has 0 bridgehead atoms. The van der Waals surface area contributed by atoms with Crippen LogP contribution < -0.4 is 0 Å². The van der Waals surface area contributed by atoms with Crippen molar-refractivity contribution in [1.82, 2.24) is 0 Å². The van der Waals surface area contributed by atoms with Crippen molar-refractivity contribution in [2.24, 2.45) is 0 Å². The van der Waals surface area contributed by atoms with Gasteiger partial charge in [-0.15, -0.1) is 0 Å². The molecule has 0 aromatic rings. The standard InChI is InChI=1S/C16H10F20O2/c1-5(2)6(37)38-4-8(19,20)10(23,24)12(27,28)14(31,32)16(35,36)15(33,34)13(29,30)11(25,26)9(21,22)7(3,17)18/h1,4H2,2-3H3. The molecule has 0 heterocycles. The first kappa shape index (κ1) is 35.8. The van der Waals surface area contributed by atoms with E-state index in [2.05, 4.69) is 11.3 Å². The van der Waals surface area contributed by atoms with Gasteiger partial charge in [-0.05, 0) is 6.92 Å². The lowest BCUT2D eigenvalue weighted by Crippen LogP contribution is -2.77. The van der Waals surface area contributed by atoms with E-state index in [9.17, 15) is 92.6 Å². The van der Waals surface area contributed by atoms with Crippen LogP contribution in [0.1, 0.15) is 13.8 Å². The van der Waals surface area contributed by atoms with Gasteiger partial charge in [0.05, 0.1) is 0 Å². The highest BCUT2D eigenvalue weighted by molar-refractivity contribution is 5.86. The molecule has 2 nitrogen and oxygen atoms in total. The van der Waals surface area contributed by atoms with Crippen molar-refractivity contribution >= 4 is 5.97 Å². The van der Waals surface area contributed by atoms with E-state index in [4.69, 9.17) is 0 Å². The van der Waals surface area contributed by atoms with Crippen LogP contribution in [-0.2, 0) is 9.53 Å². The number of rotatable bonds is 12. The van der Waals surface area contributed by atoms with Crippen LogP contribution in [0.2, 0.25) is 0 Å². The average Bonchev–Trinajstić information content (AvgIpc) is 2.69. The molecule has 0 unspecified atom stereocenters. The fourth-order valence-electron chi connectivity index (χ4n) is 2.06. The van der Waals surface area contributed by atoms with Crippen molar-refractivity contribution in [3.63, 3.8) is 0 Å². The summed E-state index contributed by atoms with van der Waals surface area (Å²) in [7, 11) is 0. The summed E-state index contributed by atoms with van der Waals surface area (Å²) < 4.78 is 271. The van der Waals surface area contributed by atoms with Gasteiger partial charge in [-0.1, -0.05) is 6.58 Å². The van der Waals surface area contributed by atoms with Gasteiger partial charge in [0.2, 0.25) is 0 Å². The highest BCUT2D eigenvalue weighted by Crippen LogP contribution is 2.66. The molecule has 0 aliphatic heterocycles. The minimum absolute atomic E-state index is 0.595. The molecule has 0 saturated carbocycles. The SMILES string of the molecule is C=C(C)C(=O)OCC(F)(F)C(F)(F)C(F)(F)C(F)(F)C(F)(F)C(F)(F)C(F)(F)C(F)(F)C(F)(F)C(C)(F)F. The number of halogens is 20. The monoisotopic (exact) mass is 614 g/mol. The summed E-state index contributed by atoms with van der Waals surface area (Å²) in [5, 5.41) is 0. The zero-order chi connectivity index (χ0) is 31.6. The van der Waals surface area contributed by atoms with Crippen LogP contribution in [0.4, 0.5) is 87.8 Å². The molecule has 38 heavy (non-hydrogen) atoms. The highest BCUT2D eigenvalue weighted by atomic mass is 19.4. The van der Waals surface area contributed by atoms with E-state index in [1.165, 1.54) is 0 Å². The lowest BCUT2D eigenvalue weighted by atomic mass is 9.85. The fourth-order valence-corrected chi connectivity index (χ4v) is 2.06. The Balaban J connectivity index is 6.92. The molecule has 0 atom stereocenters. The van der Waals surface area contributed by atoms with Crippen LogP contribution >= 0.6 is 0 Å². The number of carbonyl (C=O) groups excluding carboxylic acids is 1. The van der Waals surface area contributed by atoms with Crippen LogP contribution in [0, 0.1) is 0 Å². The van der Waals surface area contributed by atoms with Gasteiger partial charge < -0.3 is 4.74 Å². The molecule has 22 heteroatoms. The highest BCUT2D eigenvalue weighted by Gasteiger charge is 2.97. The molecule has 0 amide bonds. The molecule has 0 aliphatic rings. The van der Waals surface area contributed by atoms with E-state index in [1.807, 2.05) is 0 Å². The number of ether oxygens (including phenoxy) is 1. The van der Waals surface area contributed by atoms with Gasteiger partial charge >= 0.3 is 65.2 Å². The zero-order valence-corrected chi connectivity index (χ0v) is 17.8. The third kappa shape index (κ3) is 4.61. The van der Waals surface area contributed by atoms with E-state index in [0.717, 1.165) is 0 Å². The van der Waals surface area contributed by atoms with Crippen LogP contribution in [0.15, 0.2) is 12.2 Å². The first-order chi connectivity index (χ1) is 16.1. The van der Waals surface area contributed by atoms with E-state index < -0.39 is 84.3 Å². The minimum Gasteiger partial charge on any atom is -0.456 e. The third-order valence-corrected chi connectivity index (χ3v) is 4.50. The predicted molar refractivity (Wildman–Crippen MR) is 80.9 cm³/mol. The van der Waals surface area contributed by atoms with Crippen molar-refractivity contribution in [2.45, 2.75) is 73.1 Å². The molecule has 0 radical (unpaired) electrons. The summed E-state index contributed by atoms with van der Waals surface area (Å²) in [5.74, 6) is -84.7. The Morgan fingerprint density at radius 1 is 0.526 bits per heavy atom. The van der Waals surface area contributed by atoms with Crippen molar-refractivity contribution in [2.75, 3.05) is 6.61 Å². The molecule has 0 aromatic heterocycles. The number of carbonyl (C=O) groups is 1. The Kier molecular flexibility index (Phi) is 8.66. The Labute approximate surface area is 196 Å². The maximum Gasteiger partial charge on any atom is 0.385 e. The molecule has 0 saturated heterocycles. The molecule has 0 rings (SSSR count). The van der Waals surface area contributed by atoms with Crippen molar-refractivity contribution in [3.8, 4) is 0 Å². The fraction of sp³-hybridized carbons (Fsp3) is 0.812. The van der Waals surface area contributed by atoms with Crippen LogP contribution in [-0.4, -0.2) is 71.8 Å². The second-order valence-electron chi connectivity index (χ2n) is 7.54. The molecule has 0 aliphatic carbocycles. The maximum absolute atomic E-state index is 13.6. The molecule has 0 spiro atoms. The summed E-state index contributed by atoms with van der Waals surface area (Å²) >= 11 is 0. The Bertz CT molecular complexity index is 912. The summed E-state index contributed by atoms with van der Waals surface area (Å²) in [6, 6.07) is 0. The average molecular weight is 614 g/mol. The number of hydrogen-bond acceptors (Lipinski definition) is 2. The Morgan fingerprint density at radius 3 is 1.00 bits per heavy atom. The molecule has 0 N–H and O–H groups in total. The van der Waals surface area contributed by atoms with Crippen LogP contribution in [0.25, 0.3) is 0 Å². The lowest BCUT2D eigenvalue weighted by molar-refractivity contribution is -0.468. The molecule has 0 aromatic carbocycles. The third-order valence-electron chi connectivity index (χ3n) is 4.50. The van der Waals surface area contributed by atoms with E-state index >= 15 is 0 Å². The van der Waals surface area contributed by atoms with Gasteiger partial charge in [-0.25, -0.2) is 4.79 Å². The molecule has 0 fully saturated rings. The van der Waals surface area contributed by atoms with E-state index in [-0.39, 0.29) is 0 Å². The van der Waals surface area contributed by atoms with Gasteiger partial charge in [-0.3, -0.25) is 0 Å². The van der Waals surface area contributed by atoms with Gasteiger partial charge in [-0.2, -0.15) is 87.8 Å². The van der Waals surface area contributed by atoms with Gasteiger partial charge in [0.25, 0.3) is 0 Å². The quantitative estimate of drug-likeness (QED) is 0.130. The predicted octanol–water partition coefficient (Wildman–Crippen LogP) is 7.48. The lowest BCUT2D eigenvalue weighted by Gasteiger charge is -2.44. The summed E-state index contributed by atoms with van der Waals surface area (Å²) in [5.41, 5.74) is -0.954. The van der Waals surface area contributed by atoms with Gasteiger partial charge in [0, 0.05) is 12.5 Å². The van der Waals surface area contributed by atoms with Gasteiger partial charge in [0.1, 0.15) is 0 Å². The summed E-state index contributed by atoms with van der Waals surface area (Å²) in [6.07, 6.45) is 0. The van der Waals surface area contributed by atoms with Crippen LogP contribution in [0.5, 0.6) is 0 Å². The Morgan fingerprint density at radius 2 is 0.763 bits per heavy atom. The largest absolute Gasteiger partial charge is 0.456 e. The minimum atomic E-state index is -9.09. The maximum atomic E-state index is 13.6. The molecule has 226 valence electrons. The Hall–Kier alpha value is -2.19. The zero-order valence-electron chi connectivity index (χ0n) is 17.8. The number of hydrogen-bond donors (Lipinski definition) is 0. The van der Waals surface area contributed by atoms with E-state index in [0.29, 0.717) is 6.92 Å². The van der Waals surface area contributed by atoms with E-state index in [1.54, 1.807) is 0 Å². The smallest absolute Gasteiger partial charge is 0.385 e. The second kappa shape index (κ2) is 9.19. The molecular weight excluding hydrogens is 604 g/mol. The first-order valence-electron chi connectivity index (χ1n) is 8.68. The number of esters is 1. The summed E-state index contributed by atoms with van der Waals surface area (Å²) in [6.45, 7) is -1.56. The van der Waals surface area contributed by atoms with Crippen LogP contribution in [0.3, 0.4) is 0 Å². The molecular formula is C16H10F20O2. The van der Waals surface area contributed by atoms with Crippen molar-refractivity contribution in [3.05, 3.63) is 12.2 Å². The summed E-state index contributed by atoms with van der Waals surface area (Å²) in [4.78, 5) is 10.9. The topological polar surface area (TPSA) is 26.3 Å². The van der Waals surface area contributed by atoms with Crippen molar-refractivity contribution in [1.29, 1.82) is 0 Å². The normalized spacial score (nSPS) is 15.9. The van der Waals surface area contributed by atoms with Crippen molar-refractivity contribution < 1.29 is 97.3 Å². The number of alkyl halides is 20. The van der Waals surface area contributed by atoms with Gasteiger partial charge in [0.15, 0.2) is 6.61 Å². The first-order valence-corrected chi connectivity index (χ1v) is 8.68. The second-order valence-corrected chi connectivity index (χ2v) is 7.54.